The van der Waals surface area contributed by atoms with Gasteiger partial charge in [0.15, 0.2) is 12.6 Å². The summed E-state index contributed by atoms with van der Waals surface area (Å²) >= 11 is 0. The van der Waals surface area contributed by atoms with E-state index in [-0.39, 0.29) is 39.6 Å². The average Bonchev–Trinajstić information content (AvgIpc) is 3.43. The molecular formula is C62H74O11Si. The van der Waals surface area contributed by atoms with Gasteiger partial charge in [-0.05, 0) is 39.4 Å². The summed E-state index contributed by atoms with van der Waals surface area (Å²) in [6.07, 6.45) is -6.27. The zero-order valence-corrected chi connectivity index (χ0v) is 44.1. The fourth-order valence-electron chi connectivity index (χ4n) is 8.98. The number of ether oxygens (including phenoxy) is 11. The van der Waals surface area contributed by atoms with Gasteiger partial charge in [0, 0.05) is 14.7 Å². The quantitative estimate of drug-likeness (QED) is 0.0332. The molecule has 392 valence electrons. The molecule has 2 aliphatic heterocycles. The molecule has 2 aliphatic rings. The maximum absolute atomic E-state index is 7.53. The summed E-state index contributed by atoms with van der Waals surface area (Å²) in [5.74, 6) is 0. The van der Waals surface area contributed by atoms with E-state index in [0.29, 0.717) is 26.4 Å². The van der Waals surface area contributed by atoms with Crippen LogP contribution in [-0.4, -0.2) is 95.9 Å². The molecule has 8 rings (SSSR count). The number of benzene rings is 6. The van der Waals surface area contributed by atoms with Gasteiger partial charge in [0.2, 0.25) is 0 Å². The Balaban J connectivity index is 1.19. The summed E-state index contributed by atoms with van der Waals surface area (Å²) in [6.45, 7) is 13.8. The van der Waals surface area contributed by atoms with Crippen LogP contribution < -0.4 is 0 Å². The first-order chi connectivity index (χ1) is 36.3. The normalized spacial score (nSPS) is 24.1. The molecule has 0 saturated carbocycles. The number of rotatable bonds is 29. The van der Waals surface area contributed by atoms with Crippen molar-refractivity contribution in [2.24, 2.45) is 0 Å². The van der Waals surface area contributed by atoms with E-state index >= 15 is 0 Å². The van der Waals surface area contributed by atoms with Gasteiger partial charge in [-0.2, -0.15) is 0 Å². The van der Waals surface area contributed by atoms with E-state index in [1.807, 2.05) is 182 Å². The Kier molecular flexibility index (Phi) is 21.7. The molecule has 0 bridgehead atoms. The topological polar surface area (TPSA) is 102 Å². The van der Waals surface area contributed by atoms with E-state index in [4.69, 9.17) is 52.1 Å². The van der Waals surface area contributed by atoms with E-state index in [2.05, 4.69) is 26.2 Å². The summed E-state index contributed by atoms with van der Waals surface area (Å²) in [5.41, 5.74) is 6.00. The standard InChI is InChI=1S/C62H74O11Si/c1-5-36-65-57-55(67-41-49-28-16-8-17-29-49)53(45-63-39-47-24-12-6-13-25-47)72-62(60(57)70-44-52-34-22-11-23-35-52)73-56-54(46-64-40-48-26-14-7-15-27-48)71-61(66-37-38-74(2,3)4)59(69-43-51-32-20-10-21-33-51)58(56)68-42-50-30-18-9-19-31-50/h5-35,53-62H,1,36-46H2,2-4H3/t53-,54-,55+,56+,57+,58+,59-,60-,61+,62+/m1/s1. The molecule has 0 unspecified atom stereocenters. The van der Waals surface area contributed by atoms with Crippen LogP contribution in [0.15, 0.2) is 195 Å². The molecule has 0 N–H and O–H groups in total. The second-order valence-corrected chi connectivity index (χ2v) is 25.6. The van der Waals surface area contributed by atoms with Gasteiger partial charge in [0.1, 0.15) is 48.8 Å². The van der Waals surface area contributed by atoms with Crippen LogP contribution in [0.4, 0.5) is 0 Å². The summed E-state index contributed by atoms with van der Waals surface area (Å²) < 4.78 is 76.7. The largest absolute Gasteiger partial charge is 0.374 e. The lowest BCUT2D eigenvalue weighted by atomic mass is 9.95. The van der Waals surface area contributed by atoms with Crippen LogP contribution in [0.3, 0.4) is 0 Å². The van der Waals surface area contributed by atoms with Crippen molar-refractivity contribution in [1.82, 2.24) is 0 Å². The van der Waals surface area contributed by atoms with Crippen LogP contribution in [0.5, 0.6) is 0 Å². The molecule has 2 saturated heterocycles. The van der Waals surface area contributed by atoms with E-state index in [9.17, 15) is 0 Å². The molecule has 6 aromatic rings. The Bertz CT molecular complexity index is 2450. The van der Waals surface area contributed by atoms with Crippen LogP contribution in [0, 0.1) is 0 Å². The van der Waals surface area contributed by atoms with Crippen molar-refractivity contribution in [3.63, 3.8) is 0 Å². The zero-order valence-electron chi connectivity index (χ0n) is 43.1. The fourth-order valence-corrected chi connectivity index (χ4v) is 9.71. The summed E-state index contributed by atoms with van der Waals surface area (Å²) in [7, 11) is -1.52. The van der Waals surface area contributed by atoms with Crippen LogP contribution in [-0.2, 0) is 91.7 Å². The molecule has 0 spiro atoms. The molecule has 12 heteroatoms. The van der Waals surface area contributed by atoms with Crippen molar-refractivity contribution in [3.8, 4) is 0 Å². The Morgan fingerprint density at radius 2 is 0.730 bits per heavy atom. The van der Waals surface area contributed by atoms with Crippen LogP contribution >= 0.6 is 0 Å². The predicted octanol–water partition coefficient (Wildman–Crippen LogP) is 11.5. The van der Waals surface area contributed by atoms with Crippen molar-refractivity contribution >= 4 is 8.07 Å². The van der Waals surface area contributed by atoms with Crippen LogP contribution in [0.1, 0.15) is 33.4 Å². The van der Waals surface area contributed by atoms with Gasteiger partial charge in [-0.1, -0.05) is 208 Å². The molecule has 0 aromatic heterocycles. The minimum absolute atomic E-state index is 0.134. The van der Waals surface area contributed by atoms with Gasteiger partial charge in [0.25, 0.3) is 0 Å². The van der Waals surface area contributed by atoms with Crippen LogP contribution in [0.25, 0.3) is 0 Å². The second-order valence-electron chi connectivity index (χ2n) is 20.0. The van der Waals surface area contributed by atoms with E-state index < -0.39 is 69.5 Å². The van der Waals surface area contributed by atoms with Crippen molar-refractivity contribution in [3.05, 3.63) is 228 Å². The Morgan fingerprint density at radius 3 is 1.14 bits per heavy atom. The highest BCUT2D eigenvalue weighted by atomic mass is 28.3. The zero-order chi connectivity index (χ0) is 51.2. The maximum atomic E-state index is 7.53. The number of hydrogen-bond donors (Lipinski definition) is 0. The second kappa shape index (κ2) is 29.2. The minimum Gasteiger partial charge on any atom is -0.374 e. The molecule has 0 amide bonds. The highest BCUT2D eigenvalue weighted by molar-refractivity contribution is 6.76. The SMILES string of the molecule is C=CCO[C@H]1[C@@H](OCc2ccccc2)[C@@H](COCc2ccccc2)O[C@@H](O[C@@H]2[C@H](OCc3ccccc3)[C@@H](OCc3ccccc3)[C@@H](OCC[Si](C)(C)C)O[C@@H]2COCc2ccccc2)[C@@H]1OCc1ccccc1. The maximum Gasteiger partial charge on any atom is 0.187 e. The molecule has 2 fully saturated rings. The summed E-state index contributed by atoms with van der Waals surface area (Å²) in [6, 6.07) is 61.4. The monoisotopic (exact) mass is 1020 g/mol. The lowest BCUT2D eigenvalue weighted by molar-refractivity contribution is -0.376. The molecule has 11 nitrogen and oxygen atoms in total. The lowest BCUT2D eigenvalue weighted by Gasteiger charge is -2.50. The highest BCUT2D eigenvalue weighted by Crippen LogP contribution is 2.37. The third-order valence-electron chi connectivity index (χ3n) is 12.9. The third kappa shape index (κ3) is 17.2. The molecule has 0 radical (unpaired) electrons. The Morgan fingerprint density at radius 1 is 0.392 bits per heavy atom. The first-order valence-electron chi connectivity index (χ1n) is 26.0. The van der Waals surface area contributed by atoms with E-state index in [1.54, 1.807) is 6.08 Å². The molecule has 6 aromatic carbocycles. The molecule has 10 atom stereocenters. The smallest absolute Gasteiger partial charge is 0.187 e. The summed E-state index contributed by atoms with van der Waals surface area (Å²) in [4.78, 5) is 0. The van der Waals surface area contributed by atoms with E-state index in [1.165, 1.54) is 0 Å². The molecule has 0 aliphatic carbocycles. The Labute approximate surface area is 439 Å². The highest BCUT2D eigenvalue weighted by Gasteiger charge is 2.54. The van der Waals surface area contributed by atoms with Crippen molar-refractivity contribution in [2.75, 3.05) is 26.4 Å². The fraction of sp³-hybridized carbons (Fsp3) is 0.387. The van der Waals surface area contributed by atoms with Crippen molar-refractivity contribution in [1.29, 1.82) is 0 Å². The lowest BCUT2D eigenvalue weighted by Crippen LogP contribution is -2.66. The predicted molar refractivity (Wildman–Crippen MR) is 289 cm³/mol. The Hall–Kier alpha value is -5.16. The van der Waals surface area contributed by atoms with Gasteiger partial charge >= 0.3 is 0 Å². The third-order valence-corrected chi connectivity index (χ3v) is 14.6. The first kappa shape index (κ1) is 55.1. The average molecular weight is 1020 g/mol. The van der Waals surface area contributed by atoms with E-state index in [0.717, 1.165) is 39.4 Å². The molecule has 2 heterocycles. The first-order valence-corrected chi connectivity index (χ1v) is 29.7. The molecule has 74 heavy (non-hydrogen) atoms. The van der Waals surface area contributed by atoms with Gasteiger partial charge in [-0.15, -0.1) is 6.58 Å². The van der Waals surface area contributed by atoms with Crippen molar-refractivity contribution in [2.45, 2.75) is 127 Å². The molecular weight excluding hydrogens is 949 g/mol. The van der Waals surface area contributed by atoms with Gasteiger partial charge in [-0.3, -0.25) is 0 Å². The number of hydrogen-bond acceptors (Lipinski definition) is 11. The van der Waals surface area contributed by atoms with Gasteiger partial charge < -0.3 is 52.1 Å². The van der Waals surface area contributed by atoms with Gasteiger partial charge in [0.05, 0.1) is 59.5 Å². The van der Waals surface area contributed by atoms with Gasteiger partial charge in [-0.25, -0.2) is 0 Å². The van der Waals surface area contributed by atoms with Crippen LogP contribution in [0.2, 0.25) is 25.7 Å². The van der Waals surface area contributed by atoms with Crippen molar-refractivity contribution < 1.29 is 52.1 Å². The minimum atomic E-state index is -1.52. The summed E-state index contributed by atoms with van der Waals surface area (Å²) in [5, 5.41) is 0.